The lowest BCUT2D eigenvalue weighted by Gasteiger charge is -2.17. The average Bonchev–Trinajstić information content (AvgIpc) is 2.03. The van der Waals surface area contributed by atoms with Gasteiger partial charge in [0.05, 0.1) is 11.7 Å². The van der Waals surface area contributed by atoms with Gasteiger partial charge >= 0.3 is 5.97 Å². The van der Waals surface area contributed by atoms with Crippen molar-refractivity contribution in [2.45, 2.75) is 6.92 Å². The van der Waals surface area contributed by atoms with E-state index in [1.165, 1.54) is 20.0 Å². The first-order chi connectivity index (χ1) is 6.31. The Bertz CT molecular complexity index is 309. The summed E-state index contributed by atoms with van der Waals surface area (Å²) in [6.45, 7) is 4.76. The standard InChI is InChI=1S/C8H15NO4S/c1-4-5-14(12,13)9(3)6-7(2)8(10)11/h4,7H,1,5-6H2,2-3H3,(H,10,11). The molecule has 0 radical (unpaired) electrons. The molecule has 0 aliphatic carbocycles. The maximum Gasteiger partial charge on any atom is 0.307 e. The normalized spacial score (nSPS) is 13.9. The zero-order chi connectivity index (χ0) is 11.4. The molecule has 0 aromatic heterocycles. The summed E-state index contributed by atoms with van der Waals surface area (Å²) < 4.78 is 23.7. The molecule has 0 aromatic carbocycles. The second-order valence-corrected chi connectivity index (χ2v) is 5.21. The summed E-state index contributed by atoms with van der Waals surface area (Å²) >= 11 is 0. The van der Waals surface area contributed by atoms with Gasteiger partial charge in [-0.25, -0.2) is 12.7 Å². The van der Waals surface area contributed by atoms with E-state index in [4.69, 9.17) is 5.11 Å². The van der Waals surface area contributed by atoms with Gasteiger partial charge in [-0.05, 0) is 0 Å². The van der Waals surface area contributed by atoms with E-state index in [0.717, 1.165) is 4.31 Å². The van der Waals surface area contributed by atoms with Crippen LogP contribution in [-0.2, 0) is 14.8 Å². The Morgan fingerprint density at radius 2 is 2.14 bits per heavy atom. The van der Waals surface area contributed by atoms with Crippen molar-refractivity contribution in [1.29, 1.82) is 0 Å². The third kappa shape index (κ3) is 3.89. The highest BCUT2D eigenvalue weighted by molar-refractivity contribution is 7.89. The number of rotatable bonds is 6. The molecule has 5 nitrogen and oxygen atoms in total. The molecule has 0 aromatic rings. The van der Waals surface area contributed by atoms with Crippen molar-refractivity contribution in [1.82, 2.24) is 4.31 Å². The number of carboxylic acids is 1. The van der Waals surface area contributed by atoms with E-state index < -0.39 is 21.9 Å². The van der Waals surface area contributed by atoms with Crippen LogP contribution < -0.4 is 0 Å². The van der Waals surface area contributed by atoms with Crippen molar-refractivity contribution in [2.75, 3.05) is 19.3 Å². The van der Waals surface area contributed by atoms with Gasteiger partial charge < -0.3 is 5.11 Å². The minimum Gasteiger partial charge on any atom is -0.481 e. The van der Waals surface area contributed by atoms with Gasteiger partial charge in [-0.1, -0.05) is 13.0 Å². The second kappa shape index (κ2) is 5.11. The van der Waals surface area contributed by atoms with E-state index in [-0.39, 0.29) is 12.3 Å². The Balaban J connectivity index is 4.41. The van der Waals surface area contributed by atoms with Crippen LogP contribution in [0, 0.1) is 5.92 Å². The largest absolute Gasteiger partial charge is 0.481 e. The minimum absolute atomic E-state index is 0.0223. The summed E-state index contributed by atoms with van der Waals surface area (Å²) in [5.41, 5.74) is 0. The molecule has 0 heterocycles. The molecule has 1 atom stereocenters. The highest BCUT2D eigenvalue weighted by Crippen LogP contribution is 2.04. The van der Waals surface area contributed by atoms with Gasteiger partial charge in [-0.3, -0.25) is 4.79 Å². The molecule has 14 heavy (non-hydrogen) atoms. The first kappa shape index (κ1) is 13.1. The summed E-state index contributed by atoms with van der Waals surface area (Å²) in [5, 5.41) is 8.58. The first-order valence-electron chi connectivity index (χ1n) is 4.09. The summed E-state index contributed by atoms with van der Waals surface area (Å²) in [6, 6.07) is 0. The minimum atomic E-state index is -3.39. The number of aliphatic carboxylic acids is 1. The highest BCUT2D eigenvalue weighted by Gasteiger charge is 2.21. The molecule has 0 saturated carbocycles. The summed E-state index contributed by atoms with van der Waals surface area (Å²) in [5.74, 6) is -1.89. The van der Waals surface area contributed by atoms with E-state index in [1.807, 2.05) is 0 Å². The number of nitrogens with zero attached hydrogens (tertiary/aromatic N) is 1. The summed E-state index contributed by atoms with van der Waals surface area (Å²) in [7, 11) is -2.03. The van der Waals surface area contributed by atoms with Gasteiger partial charge in [0.1, 0.15) is 0 Å². The van der Waals surface area contributed by atoms with Gasteiger partial charge in [-0.15, -0.1) is 6.58 Å². The van der Waals surface area contributed by atoms with Crippen molar-refractivity contribution in [3.05, 3.63) is 12.7 Å². The van der Waals surface area contributed by atoms with Gasteiger partial charge in [0.2, 0.25) is 10.0 Å². The number of hydrogen-bond acceptors (Lipinski definition) is 3. The fourth-order valence-corrected chi connectivity index (χ4v) is 1.86. The van der Waals surface area contributed by atoms with Crippen molar-refractivity contribution in [3.8, 4) is 0 Å². The highest BCUT2D eigenvalue weighted by atomic mass is 32.2. The quantitative estimate of drug-likeness (QED) is 0.648. The number of carboxylic acid groups (broad SMARTS) is 1. The van der Waals surface area contributed by atoms with Gasteiger partial charge in [0.25, 0.3) is 0 Å². The van der Waals surface area contributed by atoms with E-state index in [1.54, 1.807) is 0 Å². The van der Waals surface area contributed by atoms with Crippen molar-refractivity contribution >= 4 is 16.0 Å². The van der Waals surface area contributed by atoms with Gasteiger partial charge in [0, 0.05) is 13.6 Å². The Hall–Kier alpha value is -0.880. The average molecular weight is 221 g/mol. The molecule has 0 aliphatic heterocycles. The summed E-state index contributed by atoms with van der Waals surface area (Å²) in [4.78, 5) is 10.5. The molecule has 0 bridgehead atoms. The predicted molar refractivity (Wildman–Crippen MR) is 53.4 cm³/mol. The van der Waals surface area contributed by atoms with Crippen LogP contribution in [0.15, 0.2) is 12.7 Å². The molecular formula is C8H15NO4S. The lowest BCUT2D eigenvalue weighted by molar-refractivity contribution is -0.141. The number of hydrogen-bond donors (Lipinski definition) is 1. The monoisotopic (exact) mass is 221 g/mol. The molecule has 82 valence electrons. The molecular weight excluding hydrogens is 206 g/mol. The zero-order valence-electron chi connectivity index (χ0n) is 8.30. The molecule has 0 rings (SSSR count). The smallest absolute Gasteiger partial charge is 0.307 e. The van der Waals surface area contributed by atoms with Gasteiger partial charge in [-0.2, -0.15) is 0 Å². The maximum absolute atomic E-state index is 11.4. The Labute approximate surface area is 84.1 Å². The SMILES string of the molecule is C=CCS(=O)(=O)N(C)CC(C)C(=O)O. The number of carbonyl (C=O) groups is 1. The third-order valence-corrected chi connectivity index (χ3v) is 3.51. The first-order valence-corrected chi connectivity index (χ1v) is 5.70. The Kier molecular flexibility index (Phi) is 4.79. The van der Waals surface area contributed by atoms with Crippen LogP contribution in [0.3, 0.4) is 0 Å². The van der Waals surface area contributed by atoms with Crippen molar-refractivity contribution in [3.63, 3.8) is 0 Å². The van der Waals surface area contributed by atoms with E-state index in [0.29, 0.717) is 0 Å². The van der Waals surface area contributed by atoms with Crippen LogP contribution in [-0.4, -0.2) is 43.1 Å². The Morgan fingerprint density at radius 3 is 2.50 bits per heavy atom. The molecule has 0 amide bonds. The van der Waals surface area contributed by atoms with Gasteiger partial charge in [0.15, 0.2) is 0 Å². The molecule has 0 spiro atoms. The van der Waals surface area contributed by atoms with E-state index in [9.17, 15) is 13.2 Å². The van der Waals surface area contributed by atoms with Crippen LogP contribution in [0.1, 0.15) is 6.92 Å². The van der Waals surface area contributed by atoms with Crippen LogP contribution in [0.5, 0.6) is 0 Å². The fraction of sp³-hybridized carbons (Fsp3) is 0.625. The topological polar surface area (TPSA) is 74.7 Å². The second-order valence-electron chi connectivity index (χ2n) is 3.09. The van der Waals surface area contributed by atoms with E-state index >= 15 is 0 Å². The maximum atomic E-state index is 11.4. The Morgan fingerprint density at radius 1 is 1.64 bits per heavy atom. The molecule has 0 fully saturated rings. The zero-order valence-corrected chi connectivity index (χ0v) is 9.12. The molecule has 0 aliphatic rings. The van der Waals surface area contributed by atoms with Crippen LogP contribution in [0.25, 0.3) is 0 Å². The van der Waals surface area contributed by atoms with Crippen molar-refractivity contribution in [2.24, 2.45) is 5.92 Å². The predicted octanol–water partition coefficient (Wildman–Crippen LogP) is 0.155. The van der Waals surface area contributed by atoms with Crippen LogP contribution in [0.2, 0.25) is 0 Å². The van der Waals surface area contributed by atoms with Crippen molar-refractivity contribution < 1.29 is 18.3 Å². The van der Waals surface area contributed by atoms with Crippen LogP contribution >= 0.6 is 0 Å². The van der Waals surface area contributed by atoms with E-state index in [2.05, 4.69) is 6.58 Å². The molecule has 1 N–H and O–H groups in total. The third-order valence-electron chi connectivity index (χ3n) is 1.76. The molecule has 1 unspecified atom stereocenters. The number of sulfonamides is 1. The van der Waals surface area contributed by atoms with Crippen LogP contribution in [0.4, 0.5) is 0 Å². The lowest BCUT2D eigenvalue weighted by atomic mass is 10.2. The fourth-order valence-electron chi connectivity index (χ4n) is 0.853. The summed E-state index contributed by atoms with van der Waals surface area (Å²) in [6.07, 6.45) is 1.28. The molecule has 0 saturated heterocycles. The lowest BCUT2D eigenvalue weighted by Crippen LogP contribution is -2.34. The molecule has 6 heteroatoms.